The van der Waals surface area contributed by atoms with Crippen molar-refractivity contribution in [1.29, 1.82) is 0 Å². The topological polar surface area (TPSA) is 55.4 Å². The van der Waals surface area contributed by atoms with Gasteiger partial charge >= 0.3 is 5.97 Å². The van der Waals surface area contributed by atoms with Crippen LogP contribution >= 0.6 is 23.2 Å². The molecule has 0 aromatic heterocycles. The van der Waals surface area contributed by atoms with Gasteiger partial charge in [-0.2, -0.15) is 0 Å². The monoisotopic (exact) mass is 303 g/mol. The summed E-state index contributed by atoms with van der Waals surface area (Å²) in [6.45, 7) is 3.51. The Labute approximate surface area is 122 Å². The zero-order valence-corrected chi connectivity index (χ0v) is 12.2. The zero-order chi connectivity index (χ0) is 14.4. The second kappa shape index (κ2) is 7.36. The van der Waals surface area contributed by atoms with Crippen LogP contribution in [0.4, 0.5) is 0 Å². The van der Waals surface area contributed by atoms with Gasteiger partial charge in [0, 0.05) is 6.04 Å². The Hall–Kier alpha value is -1.26. The summed E-state index contributed by atoms with van der Waals surface area (Å²) in [6, 6.07) is 4.44. The summed E-state index contributed by atoms with van der Waals surface area (Å²) in [4.78, 5) is 23.1. The zero-order valence-electron chi connectivity index (χ0n) is 10.7. The van der Waals surface area contributed by atoms with E-state index in [0.717, 1.165) is 6.42 Å². The van der Waals surface area contributed by atoms with Gasteiger partial charge in [-0.15, -0.1) is 0 Å². The molecule has 0 fully saturated rings. The Kier molecular flexibility index (Phi) is 6.12. The largest absolute Gasteiger partial charge is 0.452 e. The first-order valence-electron chi connectivity index (χ1n) is 5.85. The fourth-order valence-electron chi connectivity index (χ4n) is 1.26. The van der Waals surface area contributed by atoms with Crippen LogP contribution in [0.15, 0.2) is 18.2 Å². The Morgan fingerprint density at radius 2 is 2.00 bits per heavy atom. The van der Waals surface area contributed by atoms with Crippen molar-refractivity contribution in [1.82, 2.24) is 5.32 Å². The van der Waals surface area contributed by atoms with E-state index in [1.165, 1.54) is 18.2 Å². The maximum absolute atomic E-state index is 11.7. The van der Waals surface area contributed by atoms with Gasteiger partial charge in [0.2, 0.25) is 0 Å². The van der Waals surface area contributed by atoms with Gasteiger partial charge in [0.1, 0.15) is 0 Å². The lowest BCUT2D eigenvalue weighted by Crippen LogP contribution is -2.35. The van der Waals surface area contributed by atoms with Crippen LogP contribution in [0.3, 0.4) is 0 Å². The van der Waals surface area contributed by atoms with Crippen molar-refractivity contribution < 1.29 is 14.3 Å². The SMILES string of the molecule is CC[C@@H](C)NC(=O)COC(=O)c1ccc(Cl)c(Cl)c1. The van der Waals surface area contributed by atoms with E-state index >= 15 is 0 Å². The van der Waals surface area contributed by atoms with E-state index < -0.39 is 5.97 Å². The lowest BCUT2D eigenvalue weighted by molar-refractivity contribution is -0.124. The molecule has 0 aliphatic rings. The molecule has 1 aromatic rings. The summed E-state index contributed by atoms with van der Waals surface area (Å²) in [5, 5.41) is 3.31. The van der Waals surface area contributed by atoms with Crippen LogP contribution in [-0.4, -0.2) is 24.5 Å². The van der Waals surface area contributed by atoms with Gasteiger partial charge in [-0.3, -0.25) is 4.79 Å². The fourth-order valence-corrected chi connectivity index (χ4v) is 1.55. The first-order valence-corrected chi connectivity index (χ1v) is 6.61. The van der Waals surface area contributed by atoms with E-state index in [4.69, 9.17) is 27.9 Å². The molecule has 104 valence electrons. The van der Waals surface area contributed by atoms with Gasteiger partial charge in [-0.05, 0) is 31.5 Å². The van der Waals surface area contributed by atoms with Gasteiger partial charge in [0.05, 0.1) is 15.6 Å². The van der Waals surface area contributed by atoms with Crippen molar-refractivity contribution in [3.63, 3.8) is 0 Å². The first kappa shape index (κ1) is 15.8. The van der Waals surface area contributed by atoms with Crippen molar-refractivity contribution in [2.45, 2.75) is 26.3 Å². The van der Waals surface area contributed by atoms with E-state index in [2.05, 4.69) is 5.32 Å². The maximum Gasteiger partial charge on any atom is 0.338 e. The molecule has 0 bridgehead atoms. The average Bonchev–Trinajstić information content (AvgIpc) is 2.39. The highest BCUT2D eigenvalue weighted by Crippen LogP contribution is 2.22. The summed E-state index contributed by atoms with van der Waals surface area (Å²) in [5.41, 5.74) is 0.255. The average molecular weight is 304 g/mol. The van der Waals surface area contributed by atoms with Crippen molar-refractivity contribution in [2.75, 3.05) is 6.61 Å². The Bertz CT molecular complexity index is 477. The third-order valence-corrected chi connectivity index (χ3v) is 3.25. The van der Waals surface area contributed by atoms with E-state index in [0.29, 0.717) is 5.02 Å². The molecule has 0 radical (unpaired) electrons. The quantitative estimate of drug-likeness (QED) is 0.851. The molecule has 1 atom stereocenters. The summed E-state index contributed by atoms with van der Waals surface area (Å²) in [6.07, 6.45) is 0.812. The number of benzene rings is 1. The standard InChI is InChI=1S/C13H15Cl2NO3/c1-3-8(2)16-12(17)7-19-13(18)9-4-5-10(14)11(15)6-9/h4-6,8H,3,7H2,1-2H3,(H,16,17)/t8-/m1/s1. The molecule has 0 saturated carbocycles. The minimum atomic E-state index is -0.613. The van der Waals surface area contributed by atoms with Crippen LogP contribution in [0.25, 0.3) is 0 Å². The summed E-state index contributed by atoms with van der Waals surface area (Å²) in [5.74, 6) is -0.944. The molecular weight excluding hydrogens is 289 g/mol. The summed E-state index contributed by atoms with van der Waals surface area (Å²) < 4.78 is 4.88. The van der Waals surface area contributed by atoms with Crippen molar-refractivity contribution in [3.05, 3.63) is 33.8 Å². The van der Waals surface area contributed by atoms with E-state index in [1.54, 1.807) is 0 Å². The maximum atomic E-state index is 11.7. The molecule has 0 heterocycles. The molecular formula is C13H15Cl2NO3. The van der Waals surface area contributed by atoms with Crippen LogP contribution < -0.4 is 5.32 Å². The van der Waals surface area contributed by atoms with Crippen LogP contribution in [0.5, 0.6) is 0 Å². The molecule has 1 amide bonds. The van der Waals surface area contributed by atoms with Crippen molar-refractivity contribution >= 4 is 35.1 Å². The molecule has 6 heteroatoms. The Balaban J connectivity index is 2.51. The molecule has 19 heavy (non-hydrogen) atoms. The molecule has 1 rings (SSSR count). The Morgan fingerprint density at radius 1 is 1.32 bits per heavy atom. The van der Waals surface area contributed by atoms with Crippen LogP contribution in [0.2, 0.25) is 10.0 Å². The summed E-state index contributed by atoms with van der Waals surface area (Å²) in [7, 11) is 0. The number of hydrogen-bond acceptors (Lipinski definition) is 3. The van der Waals surface area contributed by atoms with Crippen LogP contribution in [0, 0.1) is 0 Å². The van der Waals surface area contributed by atoms with Crippen molar-refractivity contribution in [3.8, 4) is 0 Å². The third kappa shape index (κ3) is 5.09. The van der Waals surface area contributed by atoms with Crippen LogP contribution in [0.1, 0.15) is 30.6 Å². The van der Waals surface area contributed by atoms with Crippen molar-refractivity contribution in [2.24, 2.45) is 0 Å². The highest BCUT2D eigenvalue weighted by atomic mass is 35.5. The van der Waals surface area contributed by atoms with Gasteiger partial charge in [-0.1, -0.05) is 30.1 Å². The lowest BCUT2D eigenvalue weighted by Gasteiger charge is -2.11. The van der Waals surface area contributed by atoms with Gasteiger partial charge in [-0.25, -0.2) is 4.79 Å². The minimum absolute atomic E-state index is 0.0520. The molecule has 0 saturated heterocycles. The molecule has 0 aliphatic carbocycles. The van der Waals surface area contributed by atoms with Gasteiger partial charge < -0.3 is 10.1 Å². The molecule has 1 aromatic carbocycles. The van der Waals surface area contributed by atoms with Crippen LogP contribution in [-0.2, 0) is 9.53 Å². The fraction of sp³-hybridized carbons (Fsp3) is 0.385. The Morgan fingerprint density at radius 3 is 2.58 bits per heavy atom. The number of carbonyl (C=O) groups excluding carboxylic acids is 2. The molecule has 0 spiro atoms. The number of hydrogen-bond donors (Lipinski definition) is 1. The normalized spacial score (nSPS) is 11.8. The second-order valence-electron chi connectivity index (χ2n) is 4.08. The highest BCUT2D eigenvalue weighted by molar-refractivity contribution is 6.42. The highest BCUT2D eigenvalue weighted by Gasteiger charge is 2.12. The van der Waals surface area contributed by atoms with E-state index in [9.17, 15) is 9.59 Å². The third-order valence-electron chi connectivity index (χ3n) is 2.51. The molecule has 1 N–H and O–H groups in total. The number of halogens is 2. The number of nitrogens with one attached hydrogen (secondary N) is 1. The van der Waals surface area contributed by atoms with Gasteiger partial charge in [0.25, 0.3) is 5.91 Å². The van der Waals surface area contributed by atoms with E-state index in [-0.39, 0.29) is 29.1 Å². The van der Waals surface area contributed by atoms with Gasteiger partial charge in [0.15, 0.2) is 6.61 Å². The number of rotatable bonds is 5. The number of esters is 1. The first-order chi connectivity index (χ1) is 8.93. The molecule has 0 aliphatic heterocycles. The number of amides is 1. The summed E-state index contributed by atoms with van der Waals surface area (Å²) >= 11 is 11.5. The second-order valence-corrected chi connectivity index (χ2v) is 4.90. The van der Waals surface area contributed by atoms with E-state index in [1.807, 2.05) is 13.8 Å². The molecule has 4 nitrogen and oxygen atoms in total. The molecule has 0 unspecified atom stereocenters. The smallest absolute Gasteiger partial charge is 0.338 e. The number of ether oxygens (including phenoxy) is 1. The minimum Gasteiger partial charge on any atom is -0.452 e. The number of carbonyl (C=O) groups is 2. The predicted molar refractivity (Wildman–Crippen MR) is 74.6 cm³/mol. The lowest BCUT2D eigenvalue weighted by atomic mass is 10.2. The predicted octanol–water partition coefficient (Wildman–Crippen LogP) is 3.06.